The molecule has 0 aliphatic rings. The Hall–Kier alpha value is -3.62. The Kier molecular flexibility index (Phi) is 7.20. The van der Waals surface area contributed by atoms with Crippen LogP contribution in [0, 0.1) is 0 Å². The lowest BCUT2D eigenvalue weighted by Gasteiger charge is -2.13. The molecule has 2 unspecified atom stereocenters. The number of carbonyl (C=O) groups is 2. The first kappa shape index (κ1) is 21.1. The van der Waals surface area contributed by atoms with Crippen LogP contribution in [0.2, 0.25) is 0 Å². The van der Waals surface area contributed by atoms with Crippen molar-refractivity contribution in [2.75, 3.05) is 13.1 Å². The molecular weight excluding hydrogens is 384 g/mol. The average molecular weight is 406 g/mol. The summed E-state index contributed by atoms with van der Waals surface area (Å²) in [6.07, 6.45) is 1.25. The van der Waals surface area contributed by atoms with Crippen molar-refractivity contribution in [3.8, 4) is 0 Å². The van der Waals surface area contributed by atoms with E-state index in [1.165, 1.54) is 6.07 Å². The highest BCUT2D eigenvalue weighted by Gasteiger charge is 2.15. The molecule has 0 aliphatic carbocycles. The Balaban J connectivity index is 1.55. The molecule has 8 heteroatoms. The fourth-order valence-corrected chi connectivity index (χ4v) is 2.74. The van der Waals surface area contributed by atoms with E-state index in [1.807, 2.05) is 0 Å². The zero-order valence-electron chi connectivity index (χ0n) is 16.1. The minimum atomic E-state index is -0.935. The number of aliphatic hydroxyl groups is 2. The van der Waals surface area contributed by atoms with Crippen molar-refractivity contribution < 1.29 is 19.8 Å². The van der Waals surface area contributed by atoms with Crippen LogP contribution in [0.25, 0.3) is 0 Å². The largest absolute Gasteiger partial charge is 0.385 e. The number of hydrogen-bond donors (Lipinski definition) is 4. The van der Waals surface area contributed by atoms with Gasteiger partial charge >= 0.3 is 0 Å². The first-order chi connectivity index (χ1) is 14.5. The van der Waals surface area contributed by atoms with Gasteiger partial charge in [0.15, 0.2) is 0 Å². The Morgan fingerprint density at radius 1 is 0.733 bits per heavy atom. The molecule has 0 aliphatic heterocycles. The minimum Gasteiger partial charge on any atom is -0.385 e. The van der Waals surface area contributed by atoms with Crippen molar-refractivity contribution in [1.82, 2.24) is 20.6 Å². The fourth-order valence-electron chi connectivity index (χ4n) is 2.74. The first-order valence-electron chi connectivity index (χ1n) is 9.39. The van der Waals surface area contributed by atoms with Gasteiger partial charge in [-0.2, -0.15) is 0 Å². The number of pyridine rings is 2. The van der Waals surface area contributed by atoms with Crippen molar-refractivity contribution in [2.24, 2.45) is 0 Å². The molecule has 3 rings (SSSR count). The number of rotatable bonds is 8. The van der Waals surface area contributed by atoms with Crippen molar-refractivity contribution >= 4 is 11.8 Å². The summed E-state index contributed by atoms with van der Waals surface area (Å²) in [5.74, 6) is -0.846. The third-order valence-electron chi connectivity index (χ3n) is 4.36. The number of nitrogens with one attached hydrogen (secondary N) is 2. The number of carbonyl (C=O) groups excluding carboxylic acids is 2. The summed E-state index contributed by atoms with van der Waals surface area (Å²) >= 11 is 0. The van der Waals surface area contributed by atoms with E-state index in [2.05, 4.69) is 20.6 Å². The van der Waals surface area contributed by atoms with Crippen molar-refractivity contribution in [3.63, 3.8) is 0 Å². The zero-order chi connectivity index (χ0) is 21.3. The van der Waals surface area contributed by atoms with Crippen LogP contribution in [0.15, 0.2) is 73.1 Å². The lowest BCUT2D eigenvalue weighted by molar-refractivity contribution is 0.0912. The molecule has 1 aromatic carbocycles. The van der Waals surface area contributed by atoms with Gasteiger partial charge in [-0.15, -0.1) is 0 Å². The van der Waals surface area contributed by atoms with Gasteiger partial charge in [0.1, 0.15) is 12.2 Å². The van der Waals surface area contributed by atoms with Gasteiger partial charge in [0.2, 0.25) is 0 Å². The van der Waals surface area contributed by atoms with Gasteiger partial charge in [-0.05, 0) is 42.5 Å². The molecule has 0 radical (unpaired) electrons. The molecule has 0 saturated heterocycles. The molecule has 2 atom stereocenters. The monoisotopic (exact) mass is 406 g/mol. The Bertz CT molecular complexity index is 906. The van der Waals surface area contributed by atoms with E-state index in [9.17, 15) is 19.8 Å². The van der Waals surface area contributed by atoms with Gasteiger partial charge in [0.05, 0.1) is 11.4 Å². The summed E-state index contributed by atoms with van der Waals surface area (Å²) < 4.78 is 0. The second-order valence-electron chi connectivity index (χ2n) is 6.54. The van der Waals surface area contributed by atoms with Gasteiger partial charge in [-0.3, -0.25) is 19.6 Å². The highest BCUT2D eigenvalue weighted by Crippen LogP contribution is 2.11. The molecule has 0 bridgehead atoms. The van der Waals surface area contributed by atoms with E-state index < -0.39 is 24.0 Å². The standard InChI is InChI=1S/C22H22N4O4/c27-19(17-8-1-3-10-23-17)13-25-21(29)15-6-5-7-16(12-15)22(30)26-14-20(28)18-9-2-4-11-24-18/h1-12,19-20,27-28H,13-14H2,(H,25,29)(H,26,30). The number of nitrogens with zero attached hydrogens (tertiary/aromatic N) is 2. The molecule has 8 nitrogen and oxygen atoms in total. The summed E-state index contributed by atoms with van der Waals surface area (Å²) in [4.78, 5) is 32.9. The molecular formula is C22H22N4O4. The number of amides is 2. The predicted octanol–water partition coefficient (Wildman–Crippen LogP) is 1.40. The van der Waals surface area contributed by atoms with Gasteiger partial charge < -0.3 is 20.8 Å². The van der Waals surface area contributed by atoms with E-state index in [0.29, 0.717) is 11.4 Å². The first-order valence-corrected chi connectivity index (χ1v) is 9.39. The third-order valence-corrected chi connectivity index (χ3v) is 4.36. The van der Waals surface area contributed by atoms with E-state index >= 15 is 0 Å². The predicted molar refractivity (Wildman–Crippen MR) is 110 cm³/mol. The highest BCUT2D eigenvalue weighted by molar-refractivity contribution is 5.99. The SMILES string of the molecule is O=C(NCC(O)c1ccccn1)c1cccc(C(=O)NCC(O)c2ccccn2)c1. The molecule has 3 aromatic rings. The number of benzene rings is 1. The third kappa shape index (κ3) is 5.69. The lowest BCUT2D eigenvalue weighted by Crippen LogP contribution is -2.30. The van der Waals surface area contributed by atoms with Crippen LogP contribution in [0.1, 0.15) is 44.3 Å². The van der Waals surface area contributed by atoms with Gasteiger partial charge in [-0.25, -0.2) is 0 Å². The van der Waals surface area contributed by atoms with Crippen LogP contribution >= 0.6 is 0 Å². The second-order valence-corrected chi connectivity index (χ2v) is 6.54. The van der Waals surface area contributed by atoms with E-state index in [4.69, 9.17) is 0 Å². The smallest absolute Gasteiger partial charge is 0.251 e. The topological polar surface area (TPSA) is 124 Å². The van der Waals surface area contributed by atoms with Gasteiger partial charge in [0.25, 0.3) is 11.8 Å². The Morgan fingerprint density at radius 2 is 1.20 bits per heavy atom. The highest BCUT2D eigenvalue weighted by atomic mass is 16.3. The molecule has 4 N–H and O–H groups in total. The lowest BCUT2D eigenvalue weighted by atomic mass is 10.1. The van der Waals surface area contributed by atoms with Crippen LogP contribution in [-0.2, 0) is 0 Å². The van der Waals surface area contributed by atoms with Crippen molar-refractivity contribution in [3.05, 3.63) is 95.6 Å². The number of aliphatic hydroxyl groups excluding tert-OH is 2. The van der Waals surface area contributed by atoms with Crippen LogP contribution in [-0.4, -0.2) is 45.1 Å². The molecule has 0 saturated carbocycles. The molecule has 2 heterocycles. The van der Waals surface area contributed by atoms with E-state index in [-0.39, 0.29) is 24.2 Å². The van der Waals surface area contributed by atoms with Crippen molar-refractivity contribution in [2.45, 2.75) is 12.2 Å². The molecule has 0 fully saturated rings. The fraction of sp³-hybridized carbons (Fsp3) is 0.182. The molecule has 0 spiro atoms. The maximum absolute atomic E-state index is 12.4. The minimum absolute atomic E-state index is 0.0114. The summed E-state index contributed by atoms with van der Waals surface area (Å²) in [5.41, 5.74) is 1.47. The van der Waals surface area contributed by atoms with Crippen LogP contribution in [0.5, 0.6) is 0 Å². The summed E-state index contributed by atoms with van der Waals surface area (Å²) in [5, 5.41) is 25.5. The molecule has 30 heavy (non-hydrogen) atoms. The second kappa shape index (κ2) is 10.2. The Morgan fingerprint density at radius 3 is 1.60 bits per heavy atom. The van der Waals surface area contributed by atoms with Crippen LogP contribution in [0.4, 0.5) is 0 Å². The average Bonchev–Trinajstić information content (AvgIpc) is 2.81. The van der Waals surface area contributed by atoms with E-state index in [1.54, 1.807) is 67.0 Å². The van der Waals surface area contributed by atoms with Crippen LogP contribution in [0.3, 0.4) is 0 Å². The summed E-state index contributed by atoms with van der Waals surface area (Å²) in [6, 6.07) is 16.5. The zero-order valence-corrected chi connectivity index (χ0v) is 16.1. The van der Waals surface area contributed by atoms with Gasteiger partial charge in [0, 0.05) is 36.6 Å². The van der Waals surface area contributed by atoms with E-state index in [0.717, 1.165) is 0 Å². The summed E-state index contributed by atoms with van der Waals surface area (Å²) in [6.45, 7) is -0.0227. The van der Waals surface area contributed by atoms with Gasteiger partial charge in [-0.1, -0.05) is 18.2 Å². The number of aromatic nitrogens is 2. The quantitative estimate of drug-likeness (QED) is 0.448. The summed E-state index contributed by atoms with van der Waals surface area (Å²) in [7, 11) is 0. The maximum atomic E-state index is 12.4. The normalized spacial score (nSPS) is 12.6. The molecule has 154 valence electrons. The maximum Gasteiger partial charge on any atom is 0.251 e. The number of hydrogen-bond acceptors (Lipinski definition) is 6. The molecule has 2 aromatic heterocycles. The molecule has 2 amide bonds. The van der Waals surface area contributed by atoms with Crippen LogP contribution < -0.4 is 10.6 Å². The van der Waals surface area contributed by atoms with Crippen molar-refractivity contribution in [1.29, 1.82) is 0 Å². The Labute approximate surface area is 173 Å².